The highest BCUT2D eigenvalue weighted by molar-refractivity contribution is 6.36. The van der Waals surface area contributed by atoms with Crippen LogP contribution in [-0.4, -0.2) is 30.8 Å². The molecule has 0 aromatic heterocycles. The van der Waals surface area contributed by atoms with Gasteiger partial charge in [-0.25, -0.2) is 0 Å². The molecule has 0 bridgehead atoms. The lowest BCUT2D eigenvalue weighted by Crippen LogP contribution is -2.42. The van der Waals surface area contributed by atoms with Crippen molar-refractivity contribution in [2.45, 2.75) is 44.6 Å². The van der Waals surface area contributed by atoms with Gasteiger partial charge in [-0.3, -0.25) is 9.59 Å². The molecule has 4 heteroatoms. The Labute approximate surface area is 126 Å². The lowest BCUT2D eigenvalue weighted by atomic mass is 10.1. The maximum atomic E-state index is 11.8. The molecule has 1 fully saturated rings. The molecule has 1 heterocycles. The van der Waals surface area contributed by atoms with Crippen LogP contribution in [0.5, 0.6) is 0 Å². The molecular formula is C17H24N2O2. The zero-order valence-electron chi connectivity index (χ0n) is 12.4. The van der Waals surface area contributed by atoms with E-state index in [0.29, 0.717) is 19.0 Å². The van der Waals surface area contributed by atoms with E-state index in [9.17, 15) is 9.59 Å². The molecule has 1 aromatic carbocycles. The Morgan fingerprint density at radius 3 is 2.76 bits per heavy atom. The zero-order valence-corrected chi connectivity index (χ0v) is 12.4. The van der Waals surface area contributed by atoms with Crippen molar-refractivity contribution < 1.29 is 9.59 Å². The van der Waals surface area contributed by atoms with Gasteiger partial charge in [0, 0.05) is 19.0 Å². The van der Waals surface area contributed by atoms with Gasteiger partial charge in [0.25, 0.3) is 5.91 Å². The Hall–Kier alpha value is -1.68. The Balaban J connectivity index is 1.68. The summed E-state index contributed by atoms with van der Waals surface area (Å²) in [4.78, 5) is 23.6. The fraction of sp³-hybridized carbons (Fsp3) is 0.529. The monoisotopic (exact) mass is 288 g/mol. The van der Waals surface area contributed by atoms with E-state index in [1.165, 1.54) is 19.3 Å². The molecule has 1 aromatic rings. The summed E-state index contributed by atoms with van der Waals surface area (Å²) in [6, 6.07) is 10.1. The van der Waals surface area contributed by atoms with Gasteiger partial charge in [0.2, 0.25) is 5.78 Å². The van der Waals surface area contributed by atoms with Gasteiger partial charge in [0.1, 0.15) is 0 Å². The molecule has 0 aliphatic carbocycles. The summed E-state index contributed by atoms with van der Waals surface area (Å²) in [5, 5.41) is 6.17. The molecule has 1 aliphatic heterocycles. The molecule has 0 spiro atoms. The summed E-state index contributed by atoms with van der Waals surface area (Å²) in [5.41, 5.74) is 1.09. The number of Topliss-reactive ketones (excluding diaryl/α,β-unsaturated/α-hetero) is 1. The molecule has 4 nitrogen and oxygen atoms in total. The number of carbonyl (C=O) groups is 2. The van der Waals surface area contributed by atoms with Crippen LogP contribution >= 0.6 is 0 Å². The molecule has 2 rings (SSSR count). The van der Waals surface area contributed by atoms with E-state index in [2.05, 4.69) is 10.6 Å². The predicted molar refractivity (Wildman–Crippen MR) is 83.0 cm³/mol. The van der Waals surface area contributed by atoms with Crippen molar-refractivity contribution in [1.82, 2.24) is 10.6 Å². The lowest BCUT2D eigenvalue weighted by Gasteiger charge is -2.16. The van der Waals surface area contributed by atoms with Crippen LogP contribution in [0.25, 0.3) is 0 Å². The number of carbonyl (C=O) groups excluding carboxylic acids is 2. The molecule has 2 N–H and O–H groups in total. The maximum Gasteiger partial charge on any atom is 0.287 e. The van der Waals surface area contributed by atoms with Gasteiger partial charge in [-0.2, -0.15) is 0 Å². The van der Waals surface area contributed by atoms with Gasteiger partial charge in [-0.05, 0) is 31.4 Å². The number of nitrogens with one attached hydrogen (secondary N) is 2. The molecule has 0 saturated carbocycles. The van der Waals surface area contributed by atoms with Gasteiger partial charge in [0.15, 0.2) is 0 Å². The van der Waals surface area contributed by atoms with E-state index in [-0.39, 0.29) is 12.2 Å². The van der Waals surface area contributed by atoms with E-state index in [0.717, 1.165) is 18.5 Å². The highest BCUT2D eigenvalue weighted by Crippen LogP contribution is 2.07. The van der Waals surface area contributed by atoms with Crippen LogP contribution in [0.2, 0.25) is 0 Å². The van der Waals surface area contributed by atoms with Crippen molar-refractivity contribution in [3.8, 4) is 0 Å². The van der Waals surface area contributed by atoms with Crippen LogP contribution < -0.4 is 10.6 Å². The zero-order chi connectivity index (χ0) is 14.9. The Morgan fingerprint density at radius 2 is 1.95 bits per heavy atom. The SMILES string of the molecule is O=C(CCc1ccccc1)C(=O)NCC1CCCCCN1. The quantitative estimate of drug-likeness (QED) is 0.785. The number of hydrogen-bond donors (Lipinski definition) is 2. The number of hydrogen-bond acceptors (Lipinski definition) is 3. The second-order valence-corrected chi connectivity index (χ2v) is 5.62. The van der Waals surface area contributed by atoms with Crippen molar-refractivity contribution in [3.05, 3.63) is 35.9 Å². The number of amides is 1. The third-order valence-electron chi connectivity index (χ3n) is 3.91. The minimum atomic E-state index is -0.447. The van der Waals surface area contributed by atoms with E-state index >= 15 is 0 Å². The van der Waals surface area contributed by atoms with Crippen molar-refractivity contribution >= 4 is 11.7 Å². The topological polar surface area (TPSA) is 58.2 Å². The van der Waals surface area contributed by atoms with Crippen molar-refractivity contribution in [2.75, 3.05) is 13.1 Å². The minimum absolute atomic E-state index is 0.272. The lowest BCUT2D eigenvalue weighted by molar-refractivity contribution is -0.137. The van der Waals surface area contributed by atoms with E-state index in [4.69, 9.17) is 0 Å². The Kier molecular flexibility index (Phi) is 6.41. The van der Waals surface area contributed by atoms with Crippen LogP contribution in [0.4, 0.5) is 0 Å². The van der Waals surface area contributed by atoms with Gasteiger partial charge in [0.05, 0.1) is 0 Å². The number of rotatable bonds is 6. The number of ketones is 1. The Bertz CT molecular complexity index is 451. The molecule has 0 radical (unpaired) electrons. The first-order chi connectivity index (χ1) is 10.3. The van der Waals surface area contributed by atoms with Crippen molar-refractivity contribution in [1.29, 1.82) is 0 Å². The fourth-order valence-electron chi connectivity index (χ4n) is 2.61. The van der Waals surface area contributed by atoms with Gasteiger partial charge >= 0.3 is 0 Å². The second-order valence-electron chi connectivity index (χ2n) is 5.62. The van der Waals surface area contributed by atoms with Crippen LogP contribution in [-0.2, 0) is 16.0 Å². The van der Waals surface area contributed by atoms with Gasteiger partial charge in [-0.1, -0.05) is 43.2 Å². The maximum absolute atomic E-state index is 11.8. The van der Waals surface area contributed by atoms with Crippen LogP contribution in [0, 0.1) is 0 Å². The smallest absolute Gasteiger partial charge is 0.287 e. The van der Waals surface area contributed by atoms with E-state index in [1.54, 1.807) is 0 Å². The summed E-state index contributed by atoms with van der Waals surface area (Å²) in [5.74, 6) is -0.774. The van der Waals surface area contributed by atoms with Gasteiger partial charge in [-0.15, -0.1) is 0 Å². The van der Waals surface area contributed by atoms with Crippen molar-refractivity contribution in [2.24, 2.45) is 0 Å². The normalized spacial score (nSPS) is 18.8. The third-order valence-corrected chi connectivity index (χ3v) is 3.91. The first-order valence-corrected chi connectivity index (χ1v) is 7.84. The van der Waals surface area contributed by atoms with Gasteiger partial charge < -0.3 is 10.6 Å². The molecule has 1 amide bonds. The summed E-state index contributed by atoms with van der Waals surface area (Å²) >= 11 is 0. The fourth-order valence-corrected chi connectivity index (χ4v) is 2.61. The largest absolute Gasteiger partial charge is 0.348 e. The average Bonchev–Trinajstić information content (AvgIpc) is 2.80. The first kappa shape index (κ1) is 15.7. The second kappa shape index (κ2) is 8.57. The predicted octanol–water partition coefficient (Wildman–Crippen LogP) is 1.84. The minimum Gasteiger partial charge on any atom is -0.348 e. The molecule has 1 unspecified atom stereocenters. The van der Waals surface area contributed by atoms with Crippen LogP contribution in [0.1, 0.15) is 37.7 Å². The molecule has 1 aliphatic rings. The number of aryl methyl sites for hydroxylation is 1. The standard InChI is InChI=1S/C17H24N2O2/c20-16(11-10-14-7-3-1-4-8-14)17(21)19-13-15-9-5-2-6-12-18-15/h1,3-4,7-8,15,18H,2,5-6,9-13H2,(H,19,21). The number of benzene rings is 1. The summed E-state index contributed by atoms with van der Waals surface area (Å²) in [6.07, 6.45) is 5.59. The molecular weight excluding hydrogens is 264 g/mol. The molecule has 114 valence electrons. The third kappa shape index (κ3) is 5.68. The van der Waals surface area contributed by atoms with E-state index in [1.807, 2.05) is 30.3 Å². The molecule has 1 saturated heterocycles. The Morgan fingerprint density at radius 1 is 1.14 bits per heavy atom. The first-order valence-electron chi connectivity index (χ1n) is 7.84. The highest BCUT2D eigenvalue weighted by atomic mass is 16.2. The van der Waals surface area contributed by atoms with E-state index < -0.39 is 5.91 Å². The van der Waals surface area contributed by atoms with Crippen LogP contribution in [0.3, 0.4) is 0 Å². The van der Waals surface area contributed by atoms with Crippen LogP contribution in [0.15, 0.2) is 30.3 Å². The summed E-state index contributed by atoms with van der Waals surface area (Å²) in [6.45, 7) is 1.55. The molecule has 21 heavy (non-hydrogen) atoms. The molecule has 1 atom stereocenters. The summed E-state index contributed by atoms with van der Waals surface area (Å²) in [7, 11) is 0. The van der Waals surface area contributed by atoms with Crippen molar-refractivity contribution in [3.63, 3.8) is 0 Å². The highest BCUT2D eigenvalue weighted by Gasteiger charge is 2.16. The average molecular weight is 288 g/mol. The summed E-state index contributed by atoms with van der Waals surface area (Å²) < 4.78 is 0.